The van der Waals surface area contributed by atoms with Gasteiger partial charge in [-0.1, -0.05) is 12.1 Å². The minimum atomic E-state index is -1.68. The summed E-state index contributed by atoms with van der Waals surface area (Å²) in [6.07, 6.45) is -11.2. The molecule has 0 aromatic heterocycles. The molecule has 0 aromatic rings. The Morgan fingerprint density at radius 3 is 2.04 bits per heavy atom. The summed E-state index contributed by atoms with van der Waals surface area (Å²) in [4.78, 5) is 0. The SMILES string of the molecule is C=CCO[C@@H]1OC(CO)[C@H](O[C@@H]2OC(CO)[C@H](O)C(O)C2O)C(O)C1[NH-].[Ac]. The van der Waals surface area contributed by atoms with Crippen molar-refractivity contribution >= 4 is 0 Å². The van der Waals surface area contributed by atoms with Crippen LogP contribution < -0.4 is 0 Å². The monoisotopic (exact) mass is 607 g/mol. The summed E-state index contributed by atoms with van der Waals surface area (Å²) in [7, 11) is 0. The molecular formula is C15H26AcNO10-. The van der Waals surface area contributed by atoms with Crippen LogP contribution in [-0.4, -0.2) is 112 Å². The standard InChI is InChI=1S/C15H26NO10.Ac/c1-2-3-23-14-8(16)10(20)13(7(5-18)25-14)26-15-12(22)11(21)9(19)6(4-17)24-15;/h2,6-22H,1,3-5H2;/q-1;/t6?,7?,8?,9-,10?,11?,12?,13-,14+,15-;/m0./s1. The fourth-order valence-electron chi connectivity index (χ4n) is 2.88. The Morgan fingerprint density at radius 1 is 0.889 bits per heavy atom. The maximum atomic E-state index is 10.4. The van der Waals surface area contributed by atoms with Crippen molar-refractivity contribution in [3.05, 3.63) is 18.4 Å². The van der Waals surface area contributed by atoms with Crippen LogP contribution in [-0.2, 0) is 18.9 Å². The van der Waals surface area contributed by atoms with E-state index in [0.29, 0.717) is 0 Å². The van der Waals surface area contributed by atoms with E-state index in [9.17, 15) is 30.6 Å². The van der Waals surface area contributed by atoms with Gasteiger partial charge in [-0.2, -0.15) is 0 Å². The number of nitrogens with one attached hydrogen (secondary N) is 1. The van der Waals surface area contributed by atoms with Gasteiger partial charge < -0.3 is 55.3 Å². The number of aliphatic hydroxyl groups is 6. The van der Waals surface area contributed by atoms with Gasteiger partial charge in [0.05, 0.1) is 25.9 Å². The molecule has 6 unspecified atom stereocenters. The van der Waals surface area contributed by atoms with Gasteiger partial charge in [-0.3, -0.25) is 0 Å². The fourth-order valence-corrected chi connectivity index (χ4v) is 2.88. The number of rotatable bonds is 7. The molecule has 12 heteroatoms. The molecule has 27 heavy (non-hydrogen) atoms. The van der Waals surface area contributed by atoms with Crippen LogP contribution in [0.15, 0.2) is 12.7 Å². The molecule has 0 aliphatic carbocycles. The van der Waals surface area contributed by atoms with Gasteiger partial charge in [0.15, 0.2) is 6.29 Å². The second-order valence-electron chi connectivity index (χ2n) is 6.16. The molecule has 1 radical (unpaired) electrons. The van der Waals surface area contributed by atoms with Gasteiger partial charge in [-0.05, 0) is 0 Å². The Balaban J connectivity index is 0.00000364. The molecule has 0 spiro atoms. The molecule has 155 valence electrons. The summed E-state index contributed by atoms with van der Waals surface area (Å²) in [5.74, 6) is 0. The normalized spacial score (nSPS) is 45.1. The number of aliphatic hydroxyl groups excluding tert-OH is 6. The van der Waals surface area contributed by atoms with Gasteiger partial charge in [-0.15, -0.1) is 6.58 Å². The Kier molecular flexibility index (Phi) is 11.3. The van der Waals surface area contributed by atoms with Crippen molar-refractivity contribution < 1.29 is 93.6 Å². The zero-order valence-electron chi connectivity index (χ0n) is 14.6. The van der Waals surface area contributed by atoms with E-state index in [1.807, 2.05) is 0 Å². The van der Waals surface area contributed by atoms with Crippen LogP contribution in [0.4, 0.5) is 0 Å². The van der Waals surface area contributed by atoms with Crippen molar-refractivity contribution in [1.29, 1.82) is 0 Å². The Morgan fingerprint density at radius 2 is 1.48 bits per heavy atom. The molecule has 2 aliphatic rings. The molecule has 2 saturated heterocycles. The van der Waals surface area contributed by atoms with Crippen molar-refractivity contribution in [3.8, 4) is 0 Å². The molecule has 2 aliphatic heterocycles. The summed E-state index contributed by atoms with van der Waals surface area (Å²) < 4.78 is 21.3. The van der Waals surface area contributed by atoms with E-state index >= 15 is 0 Å². The molecule has 11 nitrogen and oxygen atoms in total. The first-order valence-corrected chi connectivity index (χ1v) is 8.19. The minimum absolute atomic E-state index is 0. The van der Waals surface area contributed by atoms with Crippen LogP contribution in [0.3, 0.4) is 0 Å². The predicted octanol–water partition coefficient (Wildman–Crippen LogP) is -3.13. The van der Waals surface area contributed by atoms with Gasteiger partial charge in [0.25, 0.3) is 0 Å². The van der Waals surface area contributed by atoms with Crippen LogP contribution in [0.2, 0.25) is 0 Å². The van der Waals surface area contributed by atoms with Crippen molar-refractivity contribution in [2.75, 3.05) is 19.8 Å². The summed E-state index contributed by atoms with van der Waals surface area (Å²) >= 11 is 0. The van der Waals surface area contributed by atoms with Crippen molar-refractivity contribution in [3.63, 3.8) is 0 Å². The van der Waals surface area contributed by atoms with Gasteiger partial charge >= 0.3 is 0 Å². The smallest absolute Gasteiger partial charge is 0.187 e. The first-order chi connectivity index (χ1) is 12.3. The van der Waals surface area contributed by atoms with E-state index in [2.05, 4.69) is 6.58 Å². The minimum Gasteiger partial charge on any atom is -0.668 e. The van der Waals surface area contributed by atoms with E-state index in [4.69, 9.17) is 24.7 Å². The van der Waals surface area contributed by atoms with Crippen LogP contribution in [0.5, 0.6) is 0 Å². The molecule has 10 atom stereocenters. The van der Waals surface area contributed by atoms with E-state index in [1.165, 1.54) is 6.08 Å². The van der Waals surface area contributed by atoms with E-state index in [1.54, 1.807) is 0 Å². The molecule has 2 heterocycles. The zero-order chi connectivity index (χ0) is 19.4. The first-order valence-electron chi connectivity index (χ1n) is 8.19. The van der Waals surface area contributed by atoms with E-state index in [-0.39, 0.29) is 50.7 Å². The second-order valence-corrected chi connectivity index (χ2v) is 6.16. The van der Waals surface area contributed by atoms with Gasteiger partial charge in [0, 0.05) is 44.1 Å². The van der Waals surface area contributed by atoms with Crippen LogP contribution in [0, 0.1) is 44.1 Å². The molecule has 0 bridgehead atoms. The molecule has 2 rings (SSSR count). The Bertz CT molecular complexity index is 456. The maximum absolute atomic E-state index is 10.4. The quantitative estimate of drug-likeness (QED) is 0.162. The van der Waals surface area contributed by atoms with Crippen molar-refractivity contribution in [2.24, 2.45) is 0 Å². The fraction of sp³-hybridized carbons (Fsp3) is 0.867. The molecule has 2 fully saturated rings. The Labute approximate surface area is 192 Å². The van der Waals surface area contributed by atoms with Crippen LogP contribution in [0.25, 0.3) is 5.73 Å². The number of hydrogen-bond acceptors (Lipinski definition) is 10. The van der Waals surface area contributed by atoms with E-state index in [0.717, 1.165) is 0 Å². The average Bonchev–Trinajstić information content (AvgIpc) is 2.64. The molecule has 7 N–H and O–H groups in total. The van der Waals surface area contributed by atoms with E-state index < -0.39 is 74.6 Å². The summed E-state index contributed by atoms with van der Waals surface area (Å²) in [5, 5.41) is 58.7. The second kappa shape index (κ2) is 11.8. The van der Waals surface area contributed by atoms with Crippen LogP contribution >= 0.6 is 0 Å². The van der Waals surface area contributed by atoms with Gasteiger partial charge in [0.1, 0.15) is 42.9 Å². The molecule has 0 amide bonds. The molecule has 0 aromatic carbocycles. The van der Waals surface area contributed by atoms with Crippen molar-refractivity contribution in [2.45, 2.75) is 61.3 Å². The number of ether oxygens (including phenoxy) is 4. The maximum Gasteiger partial charge on any atom is 0.187 e. The third-order valence-corrected chi connectivity index (χ3v) is 4.37. The Hall–Kier alpha value is 0.742. The summed E-state index contributed by atoms with van der Waals surface area (Å²) in [5.41, 5.74) is 8.00. The first kappa shape index (κ1) is 25.8. The number of hydrogen-bond donors (Lipinski definition) is 6. The largest absolute Gasteiger partial charge is 0.668 e. The average molecular weight is 607 g/mol. The van der Waals surface area contributed by atoms with Gasteiger partial charge in [0.2, 0.25) is 0 Å². The third kappa shape index (κ3) is 5.88. The topological polar surface area (TPSA) is 182 Å². The third-order valence-electron chi connectivity index (χ3n) is 4.37. The zero-order valence-corrected chi connectivity index (χ0v) is 19.3. The molecular weight excluding hydrogens is 581 g/mol. The van der Waals surface area contributed by atoms with Crippen molar-refractivity contribution in [1.82, 2.24) is 0 Å². The molecule has 0 saturated carbocycles. The van der Waals surface area contributed by atoms with Gasteiger partial charge in [-0.25, -0.2) is 0 Å². The summed E-state index contributed by atoms with van der Waals surface area (Å²) in [6, 6.07) is -1.28. The predicted molar refractivity (Wildman–Crippen MR) is 84.7 cm³/mol. The summed E-state index contributed by atoms with van der Waals surface area (Å²) in [6.45, 7) is 2.32. The van der Waals surface area contributed by atoms with Crippen LogP contribution in [0.1, 0.15) is 0 Å².